The molecule has 3 heteroatoms. The highest BCUT2D eigenvalue weighted by molar-refractivity contribution is 8.93. The number of halogens is 1. The van der Waals surface area contributed by atoms with E-state index in [0.717, 1.165) is 0 Å². The monoisotopic (exact) mass is 372 g/mol. The summed E-state index contributed by atoms with van der Waals surface area (Å²) < 4.78 is 2.32. The first-order chi connectivity index (χ1) is 10.4. The van der Waals surface area contributed by atoms with Crippen LogP contribution in [0.3, 0.4) is 0 Å². The zero-order chi connectivity index (χ0) is 15.2. The summed E-state index contributed by atoms with van der Waals surface area (Å²) in [6, 6.07) is 0.678. The minimum Gasteiger partial charge on any atom is -0.334 e. The Hall–Kier alpha value is -0.310. The van der Waals surface area contributed by atoms with E-state index in [1.165, 1.54) is 83.5 Å². The van der Waals surface area contributed by atoms with Gasteiger partial charge in [-0.15, -0.1) is 17.0 Å². The van der Waals surface area contributed by atoms with E-state index in [1.807, 2.05) is 12.5 Å². The molecule has 1 heterocycles. The van der Waals surface area contributed by atoms with Crippen LogP contribution in [-0.4, -0.2) is 9.55 Å². The first kappa shape index (κ1) is 21.7. The molecule has 0 N–H and O–H groups in total. The molecule has 0 bridgehead atoms. The van der Waals surface area contributed by atoms with Gasteiger partial charge in [0.1, 0.15) is 0 Å². The largest absolute Gasteiger partial charge is 0.334 e. The van der Waals surface area contributed by atoms with Crippen LogP contribution in [0.2, 0.25) is 0 Å². The van der Waals surface area contributed by atoms with Gasteiger partial charge in [0.05, 0.1) is 6.33 Å². The Morgan fingerprint density at radius 2 is 1.32 bits per heavy atom. The fraction of sp³-hybridized carbons (Fsp3) is 0.842. The van der Waals surface area contributed by atoms with E-state index in [-0.39, 0.29) is 17.0 Å². The van der Waals surface area contributed by atoms with Gasteiger partial charge in [-0.3, -0.25) is 0 Å². The molecule has 0 fully saturated rings. The molecule has 1 atom stereocenters. The minimum atomic E-state index is 0. The van der Waals surface area contributed by atoms with E-state index in [4.69, 9.17) is 0 Å². The SMILES string of the molecule is Br.CCCCCCCCCCCC(CCCC)n1ccnc1. The van der Waals surface area contributed by atoms with Crippen molar-refractivity contribution in [2.45, 2.75) is 103 Å². The molecule has 0 aromatic carbocycles. The standard InChI is InChI=1S/C19H36N2.BrH/c1-3-5-7-8-9-10-11-12-13-15-19(14-6-4-2)21-17-16-20-18-21;/h16-19H,3-15H2,1-2H3;1H. The van der Waals surface area contributed by atoms with Crippen molar-refractivity contribution in [3.63, 3.8) is 0 Å². The highest BCUT2D eigenvalue weighted by Crippen LogP contribution is 2.22. The molecule has 0 saturated carbocycles. The fourth-order valence-electron chi connectivity index (χ4n) is 3.06. The van der Waals surface area contributed by atoms with Crippen molar-refractivity contribution in [1.29, 1.82) is 0 Å². The molecule has 22 heavy (non-hydrogen) atoms. The van der Waals surface area contributed by atoms with Gasteiger partial charge < -0.3 is 4.57 Å². The lowest BCUT2D eigenvalue weighted by Crippen LogP contribution is -2.07. The van der Waals surface area contributed by atoms with Crippen LogP contribution >= 0.6 is 17.0 Å². The Morgan fingerprint density at radius 3 is 1.86 bits per heavy atom. The van der Waals surface area contributed by atoms with Crippen LogP contribution in [0.1, 0.15) is 103 Å². The van der Waals surface area contributed by atoms with Crippen LogP contribution in [0.25, 0.3) is 0 Å². The number of aromatic nitrogens is 2. The number of hydrogen-bond donors (Lipinski definition) is 0. The van der Waals surface area contributed by atoms with Crippen LogP contribution in [0.5, 0.6) is 0 Å². The summed E-state index contributed by atoms with van der Waals surface area (Å²) in [6.45, 7) is 4.57. The minimum absolute atomic E-state index is 0. The third-order valence-corrected chi connectivity index (χ3v) is 4.48. The van der Waals surface area contributed by atoms with Crippen molar-refractivity contribution in [2.75, 3.05) is 0 Å². The summed E-state index contributed by atoms with van der Waals surface area (Å²) in [4.78, 5) is 4.21. The highest BCUT2D eigenvalue weighted by atomic mass is 79.9. The Labute approximate surface area is 148 Å². The maximum Gasteiger partial charge on any atom is 0.0948 e. The molecule has 1 aromatic rings. The molecule has 0 amide bonds. The lowest BCUT2D eigenvalue weighted by Gasteiger charge is -2.18. The van der Waals surface area contributed by atoms with Crippen molar-refractivity contribution in [1.82, 2.24) is 9.55 Å². The zero-order valence-corrected chi connectivity index (χ0v) is 16.5. The molecule has 1 unspecified atom stereocenters. The lowest BCUT2D eigenvalue weighted by atomic mass is 10.0. The lowest BCUT2D eigenvalue weighted by molar-refractivity contribution is 0.400. The van der Waals surface area contributed by atoms with Crippen LogP contribution < -0.4 is 0 Å². The molecular formula is C19H37BrN2. The maximum atomic E-state index is 4.21. The number of hydrogen-bond acceptors (Lipinski definition) is 1. The summed E-state index contributed by atoms with van der Waals surface area (Å²) >= 11 is 0. The summed E-state index contributed by atoms with van der Waals surface area (Å²) in [5.41, 5.74) is 0. The van der Waals surface area contributed by atoms with Crippen molar-refractivity contribution < 1.29 is 0 Å². The van der Waals surface area contributed by atoms with Gasteiger partial charge in [0.2, 0.25) is 0 Å². The molecule has 1 aromatic heterocycles. The van der Waals surface area contributed by atoms with Gasteiger partial charge >= 0.3 is 0 Å². The quantitative estimate of drug-likeness (QED) is 0.318. The third-order valence-electron chi connectivity index (χ3n) is 4.48. The van der Waals surface area contributed by atoms with Crippen LogP contribution in [0.4, 0.5) is 0 Å². The topological polar surface area (TPSA) is 17.8 Å². The summed E-state index contributed by atoms with van der Waals surface area (Å²) in [7, 11) is 0. The van der Waals surface area contributed by atoms with E-state index in [9.17, 15) is 0 Å². The number of imidazole rings is 1. The highest BCUT2D eigenvalue weighted by Gasteiger charge is 2.09. The second kappa shape index (κ2) is 15.6. The predicted octanol–water partition coefficient (Wildman–Crippen LogP) is 7.11. The van der Waals surface area contributed by atoms with Gasteiger partial charge in [-0.05, 0) is 12.8 Å². The molecule has 0 radical (unpaired) electrons. The average molecular weight is 373 g/mol. The van der Waals surface area contributed by atoms with Crippen molar-refractivity contribution in [3.8, 4) is 0 Å². The summed E-state index contributed by atoms with van der Waals surface area (Å²) in [5, 5.41) is 0. The van der Waals surface area contributed by atoms with Gasteiger partial charge in [-0.1, -0.05) is 84.5 Å². The number of nitrogens with zero attached hydrogens (tertiary/aromatic N) is 2. The molecule has 0 saturated heterocycles. The van der Waals surface area contributed by atoms with E-state index in [2.05, 4.69) is 29.6 Å². The first-order valence-electron chi connectivity index (χ1n) is 9.36. The van der Waals surface area contributed by atoms with Gasteiger partial charge in [0, 0.05) is 18.4 Å². The molecule has 1 rings (SSSR count). The van der Waals surface area contributed by atoms with Gasteiger partial charge in [0.15, 0.2) is 0 Å². The van der Waals surface area contributed by atoms with Crippen LogP contribution in [0, 0.1) is 0 Å². The summed E-state index contributed by atoms with van der Waals surface area (Å²) in [5.74, 6) is 0. The molecule has 0 aliphatic rings. The van der Waals surface area contributed by atoms with E-state index < -0.39 is 0 Å². The van der Waals surface area contributed by atoms with Crippen LogP contribution in [-0.2, 0) is 0 Å². The van der Waals surface area contributed by atoms with Gasteiger partial charge in [0.25, 0.3) is 0 Å². The van der Waals surface area contributed by atoms with E-state index in [1.54, 1.807) is 0 Å². The fourth-order valence-corrected chi connectivity index (χ4v) is 3.06. The normalized spacial score (nSPS) is 12.1. The molecule has 0 spiro atoms. The van der Waals surface area contributed by atoms with Gasteiger partial charge in [-0.2, -0.15) is 0 Å². The van der Waals surface area contributed by atoms with Gasteiger partial charge in [-0.25, -0.2) is 4.98 Å². The Kier molecular flexibility index (Phi) is 15.4. The molecule has 2 nitrogen and oxygen atoms in total. The molecule has 0 aliphatic carbocycles. The first-order valence-corrected chi connectivity index (χ1v) is 9.36. The second-order valence-electron chi connectivity index (χ2n) is 6.42. The van der Waals surface area contributed by atoms with E-state index in [0.29, 0.717) is 6.04 Å². The molecule has 0 aliphatic heterocycles. The Balaban J connectivity index is 0.00000441. The van der Waals surface area contributed by atoms with Crippen molar-refractivity contribution in [3.05, 3.63) is 18.7 Å². The third kappa shape index (κ3) is 10.4. The van der Waals surface area contributed by atoms with Crippen molar-refractivity contribution in [2.24, 2.45) is 0 Å². The Bertz CT molecular complexity index is 311. The Morgan fingerprint density at radius 1 is 0.773 bits per heavy atom. The second-order valence-corrected chi connectivity index (χ2v) is 6.42. The number of unbranched alkanes of at least 4 members (excludes halogenated alkanes) is 9. The van der Waals surface area contributed by atoms with E-state index >= 15 is 0 Å². The van der Waals surface area contributed by atoms with Crippen LogP contribution in [0.15, 0.2) is 18.7 Å². The van der Waals surface area contributed by atoms with Crippen molar-refractivity contribution >= 4 is 17.0 Å². The molecule has 130 valence electrons. The maximum absolute atomic E-state index is 4.21. The average Bonchev–Trinajstić information content (AvgIpc) is 3.02. The summed E-state index contributed by atoms with van der Waals surface area (Å²) in [6.07, 6.45) is 24.1. The smallest absolute Gasteiger partial charge is 0.0948 e. The molecular weight excluding hydrogens is 336 g/mol. The zero-order valence-electron chi connectivity index (χ0n) is 14.8. The predicted molar refractivity (Wildman–Crippen MR) is 103 cm³/mol. The number of rotatable bonds is 14.